The monoisotopic (exact) mass is 221 g/mol. The van der Waals surface area contributed by atoms with E-state index in [1.165, 1.54) is 0 Å². The minimum atomic E-state index is -0.125. The Morgan fingerprint density at radius 2 is 2.46 bits per heavy atom. The highest BCUT2D eigenvalue weighted by atomic mass is 35.5. The van der Waals surface area contributed by atoms with Crippen molar-refractivity contribution in [1.82, 2.24) is 14.8 Å². The van der Waals surface area contributed by atoms with Gasteiger partial charge < -0.3 is 9.67 Å². The smallest absolute Gasteiger partial charge is 0.195 e. The maximum atomic E-state index is 8.92. The van der Waals surface area contributed by atoms with Gasteiger partial charge in [-0.3, -0.25) is 5.10 Å². The molecule has 13 heavy (non-hydrogen) atoms. The first kappa shape index (κ1) is 10.7. The second-order valence-corrected chi connectivity index (χ2v) is 3.72. The summed E-state index contributed by atoms with van der Waals surface area (Å²) in [4.78, 5) is 0. The minimum Gasteiger partial charge on any atom is -0.388 e. The number of alkyl halides is 1. The Bertz CT molecular complexity index is 322. The van der Waals surface area contributed by atoms with E-state index in [1.54, 1.807) is 4.57 Å². The lowest BCUT2D eigenvalue weighted by Crippen LogP contribution is -2.12. The standard InChI is InChI=1S/C7H12ClN3OS/c1-2-5(8)3-11-6(4-12)9-10-7(11)13/h5,12H,2-4H2,1H3,(H,10,13). The average molecular weight is 222 g/mol. The van der Waals surface area contributed by atoms with Crippen molar-refractivity contribution in [2.24, 2.45) is 0 Å². The van der Waals surface area contributed by atoms with Crippen LogP contribution in [0.4, 0.5) is 0 Å². The highest BCUT2D eigenvalue weighted by Crippen LogP contribution is 2.07. The topological polar surface area (TPSA) is 53.8 Å². The zero-order chi connectivity index (χ0) is 9.84. The number of rotatable bonds is 4. The van der Waals surface area contributed by atoms with E-state index in [0.717, 1.165) is 6.42 Å². The number of nitrogens with one attached hydrogen (secondary N) is 1. The summed E-state index contributed by atoms with van der Waals surface area (Å²) in [6.45, 7) is 2.46. The van der Waals surface area contributed by atoms with Crippen molar-refractivity contribution in [3.05, 3.63) is 10.6 Å². The lowest BCUT2D eigenvalue weighted by Gasteiger charge is -2.08. The number of aromatic nitrogens is 3. The number of aliphatic hydroxyl groups is 1. The first-order chi connectivity index (χ1) is 6.19. The van der Waals surface area contributed by atoms with Gasteiger partial charge in [0.15, 0.2) is 10.6 Å². The molecule has 74 valence electrons. The Labute approximate surface area is 86.5 Å². The molecule has 1 heterocycles. The quantitative estimate of drug-likeness (QED) is 0.598. The molecule has 4 nitrogen and oxygen atoms in total. The molecule has 0 fully saturated rings. The number of hydrogen-bond donors (Lipinski definition) is 2. The lowest BCUT2D eigenvalue weighted by molar-refractivity contribution is 0.264. The van der Waals surface area contributed by atoms with Gasteiger partial charge in [-0.25, -0.2) is 0 Å². The predicted octanol–water partition coefficient (Wildman–Crippen LogP) is 1.45. The molecule has 0 spiro atoms. The van der Waals surface area contributed by atoms with Crippen LogP contribution in [0.2, 0.25) is 0 Å². The number of aliphatic hydroxyl groups excluding tert-OH is 1. The van der Waals surface area contributed by atoms with Crippen molar-refractivity contribution < 1.29 is 5.11 Å². The van der Waals surface area contributed by atoms with Gasteiger partial charge in [0.25, 0.3) is 0 Å². The van der Waals surface area contributed by atoms with Gasteiger partial charge in [-0.05, 0) is 18.6 Å². The summed E-state index contributed by atoms with van der Waals surface area (Å²) in [7, 11) is 0. The van der Waals surface area contributed by atoms with Crippen molar-refractivity contribution in [3.63, 3.8) is 0 Å². The van der Waals surface area contributed by atoms with E-state index in [2.05, 4.69) is 10.2 Å². The highest BCUT2D eigenvalue weighted by molar-refractivity contribution is 7.71. The van der Waals surface area contributed by atoms with Crippen LogP contribution in [0.25, 0.3) is 0 Å². The number of hydrogen-bond acceptors (Lipinski definition) is 3. The maximum Gasteiger partial charge on any atom is 0.195 e. The van der Waals surface area contributed by atoms with Crippen LogP contribution in [0.1, 0.15) is 19.2 Å². The van der Waals surface area contributed by atoms with Crippen LogP contribution in [0.15, 0.2) is 0 Å². The number of halogens is 1. The van der Waals surface area contributed by atoms with Crippen molar-refractivity contribution in [2.75, 3.05) is 0 Å². The molecule has 0 aromatic carbocycles. The summed E-state index contributed by atoms with van der Waals surface area (Å²) in [5.74, 6) is 0.532. The average Bonchev–Trinajstić information content (AvgIpc) is 2.48. The van der Waals surface area contributed by atoms with Crippen LogP contribution in [-0.2, 0) is 13.2 Å². The molecule has 0 aliphatic carbocycles. The van der Waals surface area contributed by atoms with Crippen LogP contribution in [0.3, 0.4) is 0 Å². The van der Waals surface area contributed by atoms with Crippen molar-refractivity contribution >= 4 is 23.8 Å². The second-order valence-electron chi connectivity index (χ2n) is 2.72. The fourth-order valence-electron chi connectivity index (χ4n) is 0.986. The van der Waals surface area contributed by atoms with E-state index in [0.29, 0.717) is 17.1 Å². The van der Waals surface area contributed by atoms with Gasteiger partial charge in [0.1, 0.15) is 6.61 Å². The zero-order valence-electron chi connectivity index (χ0n) is 7.33. The van der Waals surface area contributed by atoms with Crippen LogP contribution in [-0.4, -0.2) is 25.2 Å². The van der Waals surface area contributed by atoms with Gasteiger partial charge in [-0.15, -0.1) is 11.6 Å². The van der Waals surface area contributed by atoms with E-state index < -0.39 is 0 Å². The van der Waals surface area contributed by atoms with Crippen LogP contribution >= 0.6 is 23.8 Å². The third-order valence-electron chi connectivity index (χ3n) is 1.80. The fourth-order valence-corrected chi connectivity index (χ4v) is 1.35. The summed E-state index contributed by atoms with van der Waals surface area (Å²) in [6, 6.07) is 0. The Morgan fingerprint density at radius 3 is 3.00 bits per heavy atom. The molecule has 0 saturated heterocycles. The molecule has 1 unspecified atom stereocenters. The summed E-state index contributed by atoms with van der Waals surface area (Å²) in [6.07, 6.45) is 0.860. The molecule has 2 N–H and O–H groups in total. The third-order valence-corrected chi connectivity index (χ3v) is 2.56. The predicted molar refractivity (Wildman–Crippen MR) is 53.3 cm³/mol. The van der Waals surface area contributed by atoms with Crippen LogP contribution in [0.5, 0.6) is 0 Å². The van der Waals surface area contributed by atoms with Gasteiger partial charge in [-0.1, -0.05) is 6.92 Å². The summed E-state index contributed by atoms with van der Waals surface area (Å²) in [5, 5.41) is 15.4. The summed E-state index contributed by atoms with van der Waals surface area (Å²) < 4.78 is 2.22. The van der Waals surface area contributed by atoms with Crippen LogP contribution < -0.4 is 0 Å². The van der Waals surface area contributed by atoms with Gasteiger partial charge in [0.2, 0.25) is 0 Å². The second kappa shape index (κ2) is 4.74. The molecule has 1 aromatic heterocycles. The normalized spacial score (nSPS) is 13.2. The Hall–Kier alpha value is -0.390. The van der Waals surface area contributed by atoms with Gasteiger partial charge in [0.05, 0.1) is 5.38 Å². The van der Waals surface area contributed by atoms with Gasteiger partial charge >= 0.3 is 0 Å². The Morgan fingerprint density at radius 1 is 1.77 bits per heavy atom. The van der Waals surface area contributed by atoms with Crippen LogP contribution in [0, 0.1) is 4.77 Å². The van der Waals surface area contributed by atoms with E-state index >= 15 is 0 Å². The number of nitrogens with zero attached hydrogens (tertiary/aromatic N) is 2. The van der Waals surface area contributed by atoms with E-state index in [9.17, 15) is 0 Å². The molecule has 0 aliphatic rings. The largest absolute Gasteiger partial charge is 0.388 e. The number of aromatic amines is 1. The van der Waals surface area contributed by atoms with E-state index in [-0.39, 0.29) is 12.0 Å². The Balaban J connectivity index is 2.85. The molecule has 1 aromatic rings. The molecule has 0 amide bonds. The van der Waals surface area contributed by atoms with Gasteiger partial charge in [0, 0.05) is 6.54 Å². The summed E-state index contributed by atoms with van der Waals surface area (Å²) in [5.41, 5.74) is 0. The van der Waals surface area contributed by atoms with Crippen molar-refractivity contribution in [3.8, 4) is 0 Å². The lowest BCUT2D eigenvalue weighted by atomic mass is 10.3. The van der Waals surface area contributed by atoms with Crippen molar-refractivity contribution in [1.29, 1.82) is 0 Å². The van der Waals surface area contributed by atoms with Crippen molar-refractivity contribution in [2.45, 2.75) is 31.9 Å². The number of H-pyrrole nitrogens is 1. The third kappa shape index (κ3) is 2.52. The molecule has 0 bridgehead atoms. The molecule has 0 saturated carbocycles. The molecule has 0 radical (unpaired) electrons. The molecule has 6 heteroatoms. The zero-order valence-corrected chi connectivity index (χ0v) is 8.90. The van der Waals surface area contributed by atoms with E-state index in [4.69, 9.17) is 28.9 Å². The molecule has 1 atom stereocenters. The van der Waals surface area contributed by atoms with E-state index in [1.807, 2.05) is 6.92 Å². The molecule has 1 rings (SSSR count). The minimum absolute atomic E-state index is 0.0228. The molecule has 0 aliphatic heterocycles. The first-order valence-corrected chi connectivity index (χ1v) is 4.92. The SMILES string of the molecule is CCC(Cl)Cn1c(CO)n[nH]c1=S. The highest BCUT2D eigenvalue weighted by Gasteiger charge is 2.08. The Kier molecular flexibility index (Phi) is 3.90. The first-order valence-electron chi connectivity index (χ1n) is 4.08. The fraction of sp³-hybridized carbons (Fsp3) is 0.714. The molecular formula is C7H12ClN3OS. The summed E-state index contributed by atoms with van der Waals surface area (Å²) >= 11 is 10.9. The maximum absolute atomic E-state index is 8.92. The molecular weight excluding hydrogens is 210 g/mol. The van der Waals surface area contributed by atoms with Gasteiger partial charge in [-0.2, -0.15) is 5.10 Å².